The summed E-state index contributed by atoms with van der Waals surface area (Å²) >= 11 is 1.36. The highest BCUT2D eigenvalue weighted by Gasteiger charge is 2.06. The van der Waals surface area contributed by atoms with Gasteiger partial charge in [0, 0.05) is 12.4 Å². The Morgan fingerprint density at radius 3 is 2.00 bits per heavy atom. The fourth-order valence-corrected chi connectivity index (χ4v) is 2.24. The molecule has 0 aromatic carbocycles. The molecule has 5 nitrogen and oxygen atoms in total. The highest BCUT2D eigenvalue weighted by atomic mass is 32.1. The predicted octanol–water partition coefficient (Wildman–Crippen LogP) is 0.995. The first-order valence-corrected chi connectivity index (χ1v) is 5.00. The van der Waals surface area contributed by atoms with Gasteiger partial charge in [0.25, 0.3) is 0 Å². The quantitative estimate of drug-likeness (QED) is 0.524. The van der Waals surface area contributed by atoms with Crippen molar-refractivity contribution >= 4 is 31.8 Å². The summed E-state index contributed by atoms with van der Waals surface area (Å²) in [4.78, 5) is 29.0. The molecule has 0 radical (unpaired) electrons. The molecule has 0 aliphatic carbocycles. The van der Waals surface area contributed by atoms with Crippen LogP contribution in [0.2, 0.25) is 0 Å². The van der Waals surface area contributed by atoms with Crippen LogP contribution < -0.4 is 5.43 Å². The molecule has 0 fully saturated rings. The predicted molar refractivity (Wildman–Crippen MR) is 56.8 cm³/mol. The minimum atomic E-state index is -0.111. The lowest BCUT2D eigenvalue weighted by Gasteiger charge is -1.96. The van der Waals surface area contributed by atoms with Crippen molar-refractivity contribution in [3.8, 4) is 0 Å². The molecule has 0 atom stereocenters. The van der Waals surface area contributed by atoms with Gasteiger partial charge in [0.15, 0.2) is 0 Å². The molecule has 0 aliphatic heterocycles. The Hall–Kier alpha value is -1.95. The molecule has 0 N–H and O–H groups in total. The summed E-state index contributed by atoms with van der Waals surface area (Å²) in [6, 6.07) is 0. The van der Waals surface area contributed by atoms with Crippen LogP contribution >= 0.6 is 11.3 Å². The van der Waals surface area contributed by atoms with Crippen LogP contribution in [-0.2, 0) is 0 Å². The van der Waals surface area contributed by atoms with Gasteiger partial charge in [0.1, 0.15) is 22.3 Å². The van der Waals surface area contributed by atoms with Crippen LogP contribution in [0, 0.1) is 0 Å². The number of fused-ring (bicyclic) bond motifs is 2. The Bertz CT molecular complexity index is 652. The monoisotopic (exact) mass is 216 g/mol. The van der Waals surface area contributed by atoms with Crippen LogP contribution in [0.3, 0.4) is 0 Å². The topological polar surface area (TPSA) is 68.6 Å². The Morgan fingerprint density at radius 1 is 0.933 bits per heavy atom. The third-order valence-corrected chi connectivity index (χ3v) is 3.07. The molecule has 15 heavy (non-hydrogen) atoms. The highest BCUT2D eigenvalue weighted by molar-refractivity contribution is 7.23. The lowest BCUT2D eigenvalue weighted by Crippen LogP contribution is -2.03. The van der Waals surface area contributed by atoms with E-state index in [1.165, 1.54) is 36.4 Å². The summed E-state index contributed by atoms with van der Waals surface area (Å²) in [6.45, 7) is 0. The number of rotatable bonds is 0. The van der Waals surface area contributed by atoms with E-state index < -0.39 is 0 Å². The summed E-state index contributed by atoms with van der Waals surface area (Å²) in [5.41, 5.74) is -0.111. The standard InChI is InChI=1S/C9H4N4OS/c14-7-5-1-10-3-12-8(5)15-9-6(7)2-11-4-13-9/h1-4H. The van der Waals surface area contributed by atoms with E-state index in [0.29, 0.717) is 20.4 Å². The van der Waals surface area contributed by atoms with Crippen molar-refractivity contribution in [2.75, 3.05) is 0 Å². The van der Waals surface area contributed by atoms with Crippen LogP contribution in [0.4, 0.5) is 0 Å². The average Bonchev–Trinajstić information content (AvgIpc) is 2.30. The SMILES string of the molecule is O=c1c2cncnc2sc2ncncc12. The fourth-order valence-electron chi connectivity index (χ4n) is 1.35. The van der Waals surface area contributed by atoms with Gasteiger partial charge < -0.3 is 0 Å². The summed E-state index contributed by atoms with van der Waals surface area (Å²) in [7, 11) is 0. The minimum Gasteiger partial charge on any atom is -0.288 e. The Morgan fingerprint density at radius 2 is 1.47 bits per heavy atom. The molecule has 0 amide bonds. The molecule has 0 saturated carbocycles. The Balaban J connectivity index is 2.66. The minimum absolute atomic E-state index is 0.111. The number of aromatic nitrogens is 4. The van der Waals surface area contributed by atoms with Crippen molar-refractivity contribution in [1.82, 2.24) is 19.9 Å². The van der Waals surface area contributed by atoms with Gasteiger partial charge in [-0.3, -0.25) is 4.79 Å². The van der Waals surface area contributed by atoms with Crippen LogP contribution in [0.1, 0.15) is 0 Å². The van der Waals surface area contributed by atoms with E-state index in [2.05, 4.69) is 19.9 Å². The molecule has 3 heterocycles. The molecule has 0 aliphatic rings. The van der Waals surface area contributed by atoms with Crippen LogP contribution in [0.25, 0.3) is 20.4 Å². The summed E-state index contributed by atoms with van der Waals surface area (Å²) in [5.74, 6) is 0. The molecular formula is C9H4N4OS. The molecule has 3 rings (SSSR count). The number of hydrogen-bond acceptors (Lipinski definition) is 6. The van der Waals surface area contributed by atoms with E-state index in [4.69, 9.17) is 0 Å². The van der Waals surface area contributed by atoms with Crippen molar-refractivity contribution in [3.63, 3.8) is 0 Å². The van der Waals surface area contributed by atoms with Gasteiger partial charge >= 0.3 is 0 Å². The fraction of sp³-hybridized carbons (Fsp3) is 0. The molecule has 3 aromatic heterocycles. The zero-order valence-corrected chi connectivity index (χ0v) is 8.23. The van der Waals surface area contributed by atoms with Gasteiger partial charge in [-0.2, -0.15) is 0 Å². The van der Waals surface area contributed by atoms with Gasteiger partial charge in [-0.25, -0.2) is 19.9 Å². The molecule has 6 heteroatoms. The first-order valence-electron chi connectivity index (χ1n) is 4.19. The first-order chi connectivity index (χ1) is 7.36. The van der Waals surface area contributed by atoms with Crippen molar-refractivity contribution in [2.24, 2.45) is 0 Å². The Kier molecular flexibility index (Phi) is 1.69. The number of nitrogens with zero attached hydrogens (tertiary/aromatic N) is 4. The molecule has 3 aromatic rings. The van der Waals surface area contributed by atoms with Gasteiger partial charge in [-0.05, 0) is 0 Å². The van der Waals surface area contributed by atoms with Gasteiger partial charge in [0.2, 0.25) is 5.43 Å². The lowest BCUT2D eigenvalue weighted by molar-refractivity contribution is 1.22. The van der Waals surface area contributed by atoms with Gasteiger partial charge in [0.05, 0.1) is 10.8 Å². The maximum absolute atomic E-state index is 11.9. The molecule has 0 unspecified atom stereocenters. The molecular weight excluding hydrogens is 212 g/mol. The first kappa shape index (κ1) is 8.37. The van der Waals surface area contributed by atoms with E-state index in [9.17, 15) is 4.79 Å². The summed E-state index contributed by atoms with van der Waals surface area (Å²) in [6.07, 6.45) is 5.89. The van der Waals surface area contributed by atoms with Crippen molar-refractivity contribution in [2.45, 2.75) is 0 Å². The van der Waals surface area contributed by atoms with Crippen molar-refractivity contribution in [3.05, 3.63) is 35.3 Å². The van der Waals surface area contributed by atoms with Crippen LogP contribution in [-0.4, -0.2) is 19.9 Å². The third kappa shape index (κ3) is 1.18. The zero-order valence-electron chi connectivity index (χ0n) is 7.41. The third-order valence-electron chi connectivity index (χ3n) is 2.03. The second-order valence-corrected chi connectivity index (χ2v) is 3.89. The summed E-state index contributed by atoms with van der Waals surface area (Å²) < 4.78 is 0. The normalized spacial score (nSPS) is 10.9. The molecule has 0 spiro atoms. The van der Waals surface area contributed by atoms with E-state index in [1.54, 1.807) is 0 Å². The van der Waals surface area contributed by atoms with E-state index >= 15 is 0 Å². The molecule has 72 valence electrons. The van der Waals surface area contributed by atoms with E-state index in [-0.39, 0.29) is 5.43 Å². The maximum atomic E-state index is 11.9. The van der Waals surface area contributed by atoms with Crippen molar-refractivity contribution in [1.29, 1.82) is 0 Å². The second kappa shape index (κ2) is 3.03. The van der Waals surface area contributed by atoms with Crippen LogP contribution in [0.5, 0.6) is 0 Å². The average molecular weight is 216 g/mol. The van der Waals surface area contributed by atoms with E-state index in [1.807, 2.05) is 0 Å². The zero-order chi connectivity index (χ0) is 10.3. The number of hydrogen-bond donors (Lipinski definition) is 0. The van der Waals surface area contributed by atoms with Crippen LogP contribution in [0.15, 0.2) is 29.8 Å². The van der Waals surface area contributed by atoms with Crippen molar-refractivity contribution < 1.29 is 0 Å². The second-order valence-electron chi connectivity index (χ2n) is 2.91. The molecule has 0 bridgehead atoms. The van der Waals surface area contributed by atoms with Gasteiger partial charge in [-0.15, -0.1) is 0 Å². The summed E-state index contributed by atoms with van der Waals surface area (Å²) in [5, 5.41) is 1.04. The lowest BCUT2D eigenvalue weighted by atomic mass is 10.3. The van der Waals surface area contributed by atoms with E-state index in [0.717, 1.165) is 0 Å². The Labute approximate surface area is 87.5 Å². The largest absolute Gasteiger partial charge is 0.288 e. The maximum Gasteiger partial charge on any atom is 0.202 e. The smallest absolute Gasteiger partial charge is 0.202 e. The highest BCUT2D eigenvalue weighted by Crippen LogP contribution is 2.18. The van der Waals surface area contributed by atoms with Gasteiger partial charge in [-0.1, -0.05) is 11.3 Å². The molecule has 0 saturated heterocycles.